The largest absolute Gasteiger partial charge is 0.371 e. The van der Waals surface area contributed by atoms with E-state index in [0.29, 0.717) is 0 Å². The van der Waals surface area contributed by atoms with Gasteiger partial charge in [0.25, 0.3) is 0 Å². The highest BCUT2D eigenvalue weighted by Gasteiger charge is 2.23. The first-order valence-corrected chi connectivity index (χ1v) is 8.00. The van der Waals surface area contributed by atoms with E-state index in [0.717, 1.165) is 17.6 Å². The van der Waals surface area contributed by atoms with Gasteiger partial charge in [0.15, 0.2) is 0 Å². The summed E-state index contributed by atoms with van der Waals surface area (Å²) < 4.78 is 1.07. The Bertz CT molecular complexity index is 654. The molecule has 0 aromatic heterocycles. The lowest BCUT2D eigenvalue weighted by atomic mass is 10.0. The van der Waals surface area contributed by atoms with Gasteiger partial charge in [-0.1, -0.05) is 28.1 Å². The minimum atomic E-state index is 0.00400. The summed E-state index contributed by atoms with van der Waals surface area (Å²) in [6.07, 6.45) is 0. The second kappa shape index (κ2) is 5.70. The maximum Gasteiger partial charge on any atom is 0.0649 e. The quantitative estimate of drug-likeness (QED) is 0.890. The lowest BCUT2D eigenvalue weighted by Gasteiger charge is -2.38. The van der Waals surface area contributed by atoms with Crippen LogP contribution in [-0.2, 0) is 0 Å². The van der Waals surface area contributed by atoms with Gasteiger partial charge in [-0.15, -0.1) is 0 Å². The first-order chi connectivity index (χ1) is 10.1. The summed E-state index contributed by atoms with van der Waals surface area (Å²) in [4.78, 5) is 4.68. The molecule has 0 aliphatic carbocycles. The average molecular weight is 346 g/mol. The second-order valence-corrected chi connectivity index (χ2v) is 6.47. The molecule has 2 aromatic carbocycles. The minimum absolute atomic E-state index is 0.00400. The monoisotopic (exact) mass is 345 g/mol. The molecule has 2 N–H and O–H groups in total. The van der Waals surface area contributed by atoms with Crippen LogP contribution in [-0.4, -0.2) is 20.1 Å². The van der Waals surface area contributed by atoms with Crippen molar-refractivity contribution in [2.45, 2.75) is 13.0 Å². The van der Waals surface area contributed by atoms with E-state index in [2.05, 4.69) is 75.2 Å². The van der Waals surface area contributed by atoms with Crippen molar-refractivity contribution in [1.29, 1.82) is 0 Å². The molecular weight excluding hydrogens is 326 g/mol. The van der Waals surface area contributed by atoms with E-state index in [4.69, 9.17) is 5.73 Å². The number of halogens is 1. The van der Waals surface area contributed by atoms with Crippen LogP contribution in [0.15, 0.2) is 46.9 Å². The van der Waals surface area contributed by atoms with Gasteiger partial charge in [0, 0.05) is 36.3 Å². The molecule has 1 aliphatic heterocycles. The molecule has 1 atom stereocenters. The van der Waals surface area contributed by atoms with Crippen molar-refractivity contribution in [3.63, 3.8) is 0 Å². The topological polar surface area (TPSA) is 32.5 Å². The van der Waals surface area contributed by atoms with Gasteiger partial charge in [0.2, 0.25) is 0 Å². The number of para-hydroxylation sites is 2. The van der Waals surface area contributed by atoms with Crippen LogP contribution in [0, 0.1) is 0 Å². The first kappa shape index (κ1) is 14.4. The van der Waals surface area contributed by atoms with E-state index < -0.39 is 0 Å². The molecule has 0 amide bonds. The van der Waals surface area contributed by atoms with Gasteiger partial charge in [-0.3, -0.25) is 0 Å². The standard InChI is InChI=1S/C17H20BrN3/c1-12(19)14-11-13(18)7-8-15(14)21-10-9-20(2)16-5-3-4-6-17(16)21/h3-8,11-12H,9-10,19H2,1-2H3. The maximum absolute atomic E-state index is 6.18. The molecule has 0 saturated carbocycles. The summed E-state index contributed by atoms with van der Waals surface area (Å²) in [7, 11) is 2.14. The number of nitrogens with zero attached hydrogens (tertiary/aromatic N) is 2. The number of benzene rings is 2. The van der Waals surface area contributed by atoms with Crippen molar-refractivity contribution in [2.75, 3.05) is 29.9 Å². The van der Waals surface area contributed by atoms with Crippen LogP contribution in [0.4, 0.5) is 17.1 Å². The zero-order valence-electron chi connectivity index (χ0n) is 12.4. The third-order valence-electron chi connectivity index (χ3n) is 4.01. The summed E-state index contributed by atoms with van der Waals surface area (Å²) in [6, 6.07) is 14.9. The first-order valence-electron chi connectivity index (χ1n) is 7.20. The molecule has 0 spiro atoms. The van der Waals surface area contributed by atoms with Crippen LogP contribution in [0.1, 0.15) is 18.5 Å². The highest BCUT2D eigenvalue weighted by atomic mass is 79.9. The second-order valence-electron chi connectivity index (χ2n) is 5.55. The number of rotatable bonds is 2. The third kappa shape index (κ3) is 2.65. The molecule has 21 heavy (non-hydrogen) atoms. The fraction of sp³-hybridized carbons (Fsp3) is 0.294. The van der Waals surface area contributed by atoms with Crippen LogP contribution in [0.25, 0.3) is 0 Å². The zero-order valence-corrected chi connectivity index (χ0v) is 14.0. The summed E-state index contributed by atoms with van der Waals surface area (Å²) in [6.45, 7) is 4.01. The third-order valence-corrected chi connectivity index (χ3v) is 4.51. The fourth-order valence-corrected chi connectivity index (χ4v) is 3.27. The van der Waals surface area contributed by atoms with Gasteiger partial charge in [-0.2, -0.15) is 0 Å². The number of hydrogen-bond acceptors (Lipinski definition) is 3. The highest BCUT2D eigenvalue weighted by Crippen LogP contribution is 2.39. The number of hydrogen-bond donors (Lipinski definition) is 1. The van der Waals surface area contributed by atoms with Crippen LogP contribution < -0.4 is 15.5 Å². The minimum Gasteiger partial charge on any atom is -0.371 e. The summed E-state index contributed by atoms with van der Waals surface area (Å²) in [5.41, 5.74) is 11.1. The van der Waals surface area contributed by atoms with Crippen molar-refractivity contribution in [1.82, 2.24) is 0 Å². The maximum atomic E-state index is 6.18. The van der Waals surface area contributed by atoms with Crippen LogP contribution in [0.5, 0.6) is 0 Å². The van der Waals surface area contributed by atoms with Crippen LogP contribution in [0.2, 0.25) is 0 Å². The molecule has 2 aromatic rings. The molecular formula is C17H20BrN3. The van der Waals surface area contributed by atoms with Crippen molar-refractivity contribution in [2.24, 2.45) is 5.73 Å². The Morgan fingerprint density at radius 1 is 1.05 bits per heavy atom. The van der Waals surface area contributed by atoms with Crippen LogP contribution in [0.3, 0.4) is 0 Å². The van der Waals surface area contributed by atoms with Gasteiger partial charge in [0.1, 0.15) is 0 Å². The van der Waals surface area contributed by atoms with E-state index in [-0.39, 0.29) is 6.04 Å². The van der Waals surface area contributed by atoms with E-state index in [1.165, 1.54) is 22.6 Å². The lowest BCUT2D eigenvalue weighted by molar-refractivity contribution is 0.786. The van der Waals surface area contributed by atoms with Gasteiger partial charge in [-0.05, 0) is 42.8 Å². The van der Waals surface area contributed by atoms with Gasteiger partial charge in [-0.25, -0.2) is 0 Å². The van der Waals surface area contributed by atoms with E-state index in [9.17, 15) is 0 Å². The van der Waals surface area contributed by atoms with Crippen molar-refractivity contribution < 1.29 is 0 Å². The van der Waals surface area contributed by atoms with E-state index in [1.807, 2.05) is 6.92 Å². The molecule has 1 aliphatic rings. The molecule has 4 heteroatoms. The van der Waals surface area contributed by atoms with Crippen LogP contribution >= 0.6 is 15.9 Å². The molecule has 110 valence electrons. The van der Waals surface area contributed by atoms with Gasteiger partial charge < -0.3 is 15.5 Å². The fourth-order valence-electron chi connectivity index (χ4n) is 2.89. The Hall–Kier alpha value is -1.52. The number of anilines is 3. The van der Waals surface area contributed by atoms with Gasteiger partial charge in [0.05, 0.1) is 11.4 Å². The Morgan fingerprint density at radius 3 is 2.48 bits per heavy atom. The summed E-state index contributed by atoms with van der Waals surface area (Å²) >= 11 is 3.55. The number of fused-ring (bicyclic) bond motifs is 1. The SMILES string of the molecule is CC(N)c1cc(Br)ccc1N1CCN(C)c2ccccc21. The highest BCUT2D eigenvalue weighted by molar-refractivity contribution is 9.10. The average Bonchev–Trinajstić information content (AvgIpc) is 2.48. The normalized spacial score (nSPS) is 15.8. The summed E-state index contributed by atoms with van der Waals surface area (Å²) in [5.74, 6) is 0. The Labute approximate surface area is 134 Å². The molecule has 3 nitrogen and oxygen atoms in total. The Balaban J connectivity index is 2.12. The van der Waals surface area contributed by atoms with Crippen molar-refractivity contribution >= 4 is 33.0 Å². The predicted molar refractivity (Wildman–Crippen MR) is 93.5 cm³/mol. The molecule has 0 saturated heterocycles. The Morgan fingerprint density at radius 2 is 1.76 bits per heavy atom. The molecule has 3 rings (SSSR count). The number of nitrogens with two attached hydrogens (primary N) is 1. The molecule has 0 fully saturated rings. The lowest BCUT2D eigenvalue weighted by Crippen LogP contribution is -2.37. The van der Waals surface area contributed by atoms with Gasteiger partial charge >= 0.3 is 0 Å². The van der Waals surface area contributed by atoms with Crippen molar-refractivity contribution in [3.05, 3.63) is 52.5 Å². The molecule has 0 bridgehead atoms. The smallest absolute Gasteiger partial charge is 0.0649 e. The molecule has 1 heterocycles. The molecule has 1 unspecified atom stereocenters. The zero-order chi connectivity index (χ0) is 15.0. The van der Waals surface area contributed by atoms with E-state index in [1.54, 1.807) is 0 Å². The van der Waals surface area contributed by atoms with E-state index >= 15 is 0 Å². The molecule has 0 radical (unpaired) electrons. The number of likely N-dealkylation sites (N-methyl/N-ethyl adjacent to an activating group) is 1. The summed E-state index contributed by atoms with van der Waals surface area (Å²) in [5, 5.41) is 0. The predicted octanol–water partition coefficient (Wildman–Crippen LogP) is 4.06. The Kier molecular flexibility index (Phi) is 3.91. The van der Waals surface area contributed by atoms with Crippen molar-refractivity contribution in [3.8, 4) is 0 Å².